The van der Waals surface area contributed by atoms with Crippen molar-refractivity contribution < 1.29 is 13.9 Å². The minimum atomic E-state index is -0.423. The lowest BCUT2D eigenvalue weighted by atomic mass is 10.1. The molecule has 0 atom stereocenters. The molecule has 4 rings (SSSR count). The number of fused-ring (bicyclic) bond motifs is 1. The van der Waals surface area contributed by atoms with Crippen molar-refractivity contribution >= 4 is 22.5 Å². The number of nitrogens with zero attached hydrogens (tertiary/aromatic N) is 1. The Morgan fingerprint density at radius 3 is 2.40 bits per heavy atom. The van der Waals surface area contributed by atoms with Gasteiger partial charge < -0.3 is 14.6 Å². The number of halogens is 1. The number of pyridine rings is 1. The fourth-order valence-corrected chi connectivity index (χ4v) is 3.27. The molecule has 0 spiro atoms. The largest absolute Gasteiger partial charge is 0.497 e. The van der Waals surface area contributed by atoms with Crippen LogP contribution in [0.4, 0.5) is 10.1 Å². The Labute approximate surface area is 172 Å². The summed E-state index contributed by atoms with van der Waals surface area (Å²) in [6.45, 7) is 0.0582. The van der Waals surface area contributed by atoms with Crippen LogP contribution in [-0.2, 0) is 6.54 Å². The van der Waals surface area contributed by atoms with Gasteiger partial charge in [0.2, 0.25) is 0 Å². The number of benzene rings is 3. The molecule has 0 aliphatic rings. The third-order valence-electron chi connectivity index (χ3n) is 4.88. The van der Waals surface area contributed by atoms with Gasteiger partial charge in [0.05, 0.1) is 13.7 Å². The maximum Gasteiger partial charge on any atom is 0.258 e. The summed E-state index contributed by atoms with van der Waals surface area (Å²) in [6, 6.07) is 21.5. The first-order valence-corrected chi connectivity index (χ1v) is 9.37. The van der Waals surface area contributed by atoms with Gasteiger partial charge in [-0.2, -0.15) is 0 Å². The lowest BCUT2D eigenvalue weighted by molar-refractivity contribution is 0.0985. The highest BCUT2D eigenvalue weighted by molar-refractivity contribution is 6.06. The van der Waals surface area contributed by atoms with Crippen LogP contribution in [0.1, 0.15) is 15.9 Å². The van der Waals surface area contributed by atoms with Crippen LogP contribution < -0.4 is 15.2 Å². The minimum Gasteiger partial charge on any atom is -0.497 e. The van der Waals surface area contributed by atoms with Crippen LogP contribution in [0.3, 0.4) is 0 Å². The molecule has 6 heteroatoms. The van der Waals surface area contributed by atoms with Crippen LogP contribution in [0.2, 0.25) is 0 Å². The summed E-state index contributed by atoms with van der Waals surface area (Å²) >= 11 is 0. The fraction of sp³-hybridized carbons (Fsp3) is 0.0833. The van der Waals surface area contributed by atoms with Crippen LogP contribution in [0.15, 0.2) is 83.7 Å². The van der Waals surface area contributed by atoms with Crippen LogP contribution in [0.25, 0.3) is 10.9 Å². The predicted molar refractivity (Wildman–Crippen MR) is 114 cm³/mol. The summed E-state index contributed by atoms with van der Waals surface area (Å²) < 4.78 is 18.5. The molecular weight excluding hydrogens is 383 g/mol. The highest BCUT2D eigenvalue weighted by atomic mass is 19.1. The number of hydrogen-bond donors (Lipinski definition) is 1. The van der Waals surface area contributed by atoms with Gasteiger partial charge in [0, 0.05) is 22.3 Å². The molecule has 150 valence electrons. The first kappa shape index (κ1) is 19.4. The van der Waals surface area contributed by atoms with E-state index in [-0.39, 0.29) is 18.0 Å². The fourth-order valence-electron chi connectivity index (χ4n) is 3.27. The second-order valence-electron chi connectivity index (χ2n) is 6.81. The molecule has 4 aromatic rings. The van der Waals surface area contributed by atoms with Crippen molar-refractivity contribution in [2.45, 2.75) is 6.54 Å². The number of aromatic amines is 1. The normalized spacial score (nSPS) is 10.7. The molecule has 0 bridgehead atoms. The standard InChI is InChI=1S/C24H19FN2O3/c1-30-21-12-10-20(11-13-21)27(24(29)16-6-8-19(25)9-7-16)15-18-14-17-4-2-3-5-22(17)26-23(18)28/h2-14H,15H2,1H3,(H,26,28). The number of nitrogens with one attached hydrogen (secondary N) is 1. The summed E-state index contributed by atoms with van der Waals surface area (Å²) in [5, 5.41) is 0.871. The Balaban J connectivity index is 1.76. The Hall–Kier alpha value is -3.93. The van der Waals surface area contributed by atoms with Crippen molar-refractivity contribution in [3.63, 3.8) is 0 Å². The maximum absolute atomic E-state index is 13.3. The monoisotopic (exact) mass is 402 g/mol. The smallest absolute Gasteiger partial charge is 0.258 e. The highest BCUT2D eigenvalue weighted by Gasteiger charge is 2.20. The minimum absolute atomic E-state index is 0.0582. The zero-order chi connectivity index (χ0) is 21.1. The SMILES string of the molecule is COc1ccc(N(Cc2cc3ccccc3[nH]c2=O)C(=O)c2ccc(F)cc2)cc1. The average Bonchev–Trinajstić information content (AvgIpc) is 2.78. The van der Waals surface area contributed by atoms with Crippen molar-refractivity contribution in [1.29, 1.82) is 0 Å². The first-order chi connectivity index (χ1) is 14.5. The molecule has 0 aliphatic heterocycles. The van der Waals surface area contributed by atoms with E-state index in [1.807, 2.05) is 24.3 Å². The van der Waals surface area contributed by atoms with Gasteiger partial charge in [-0.3, -0.25) is 9.59 Å². The van der Waals surface area contributed by atoms with Gasteiger partial charge in [-0.05, 0) is 66.0 Å². The number of rotatable bonds is 5. The molecule has 1 heterocycles. The highest BCUT2D eigenvalue weighted by Crippen LogP contribution is 2.23. The van der Waals surface area contributed by atoms with E-state index in [0.717, 1.165) is 10.9 Å². The quantitative estimate of drug-likeness (QED) is 0.534. The van der Waals surface area contributed by atoms with Gasteiger partial charge in [0.1, 0.15) is 11.6 Å². The van der Waals surface area contributed by atoms with Gasteiger partial charge >= 0.3 is 0 Å². The van der Waals surface area contributed by atoms with E-state index in [4.69, 9.17) is 4.74 Å². The number of para-hydroxylation sites is 1. The molecule has 0 saturated heterocycles. The lowest BCUT2D eigenvalue weighted by Crippen LogP contribution is -2.32. The predicted octanol–water partition coefficient (Wildman–Crippen LogP) is 4.52. The number of anilines is 1. The number of amides is 1. The van der Waals surface area contributed by atoms with E-state index >= 15 is 0 Å². The molecule has 1 N–H and O–H groups in total. The number of ether oxygens (including phenoxy) is 1. The second-order valence-corrected chi connectivity index (χ2v) is 6.81. The third-order valence-corrected chi connectivity index (χ3v) is 4.88. The molecule has 5 nitrogen and oxygen atoms in total. The van der Waals surface area contributed by atoms with Crippen molar-refractivity contribution in [2.75, 3.05) is 12.0 Å². The number of aromatic nitrogens is 1. The van der Waals surface area contributed by atoms with Crippen LogP contribution in [0, 0.1) is 5.82 Å². The van der Waals surface area contributed by atoms with Crippen molar-refractivity contribution in [1.82, 2.24) is 4.98 Å². The molecule has 3 aromatic carbocycles. The topological polar surface area (TPSA) is 62.4 Å². The lowest BCUT2D eigenvalue weighted by Gasteiger charge is -2.23. The molecule has 0 aliphatic carbocycles. The van der Waals surface area contributed by atoms with Gasteiger partial charge in [-0.15, -0.1) is 0 Å². The number of carbonyl (C=O) groups is 1. The number of hydrogen-bond acceptors (Lipinski definition) is 3. The molecule has 1 aromatic heterocycles. The van der Waals surface area contributed by atoms with Gasteiger partial charge in [0.15, 0.2) is 0 Å². The number of methoxy groups -OCH3 is 1. The third kappa shape index (κ3) is 3.93. The van der Waals surface area contributed by atoms with Gasteiger partial charge in [-0.1, -0.05) is 18.2 Å². The summed E-state index contributed by atoms with van der Waals surface area (Å²) in [5.41, 5.74) is 1.83. The van der Waals surface area contributed by atoms with E-state index in [9.17, 15) is 14.0 Å². The van der Waals surface area contributed by atoms with E-state index in [0.29, 0.717) is 22.6 Å². The van der Waals surface area contributed by atoms with Crippen LogP contribution in [-0.4, -0.2) is 18.0 Å². The first-order valence-electron chi connectivity index (χ1n) is 9.37. The molecule has 0 radical (unpaired) electrons. The number of carbonyl (C=O) groups excluding carboxylic acids is 1. The van der Waals surface area contributed by atoms with Crippen molar-refractivity contribution in [3.8, 4) is 5.75 Å². The average molecular weight is 402 g/mol. The zero-order valence-corrected chi connectivity index (χ0v) is 16.3. The Morgan fingerprint density at radius 2 is 1.70 bits per heavy atom. The Bertz CT molecular complexity index is 1250. The molecular formula is C24H19FN2O3. The Morgan fingerprint density at radius 1 is 1.00 bits per heavy atom. The molecule has 0 fully saturated rings. The summed E-state index contributed by atoms with van der Waals surface area (Å²) in [5.74, 6) is -0.113. The van der Waals surface area contributed by atoms with Crippen LogP contribution >= 0.6 is 0 Å². The summed E-state index contributed by atoms with van der Waals surface area (Å²) in [7, 11) is 1.56. The van der Waals surface area contributed by atoms with Crippen molar-refractivity contribution in [2.24, 2.45) is 0 Å². The second kappa shape index (κ2) is 8.21. The van der Waals surface area contributed by atoms with E-state index in [1.165, 1.54) is 29.2 Å². The summed E-state index contributed by atoms with van der Waals surface area (Å²) in [4.78, 5) is 30.2. The maximum atomic E-state index is 13.3. The Kier molecular flexibility index (Phi) is 5.30. The summed E-state index contributed by atoms with van der Waals surface area (Å²) in [6.07, 6.45) is 0. The van der Waals surface area contributed by atoms with Gasteiger partial charge in [-0.25, -0.2) is 4.39 Å². The molecule has 30 heavy (non-hydrogen) atoms. The zero-order valence-electron chi connectivity index (χ0n) is 16.3. The van der Waals surface area contributed by atoms with E-state index in [1.54, 1.807) is 37.4 Å². The van der Waals surface area contributed by atoms with Crippen LogP contribution in [0.5, 0.6) is 5.75 Å². The molecule has 1 amide bonds. The number of H-pyrrole nitrogens is 1. The van der Waals surface area contributed by atoms with E-state index < -0.39 is 5.82 Å². The van der Waals surface area contributed by atoms with Crippen molar-refractivity contribution in [3.05, 3.63) is 106 Å². The van der Waals surface area contributed by atoms with E-state index in [2.05, 4.69) is 4.98 Å². The van der Waals surface area contributed by atoms with Gasteiger partial charge in [0.25, 0.3) is 11.5 Å². The molecule has 0 saturated carbocycles. The molecule has 0 unspecified atom stereocenters.